The Hall–Kier alpha value is -2.09. The number of esters is 1. The van der Waals surface area contributed by atoms with Crippen molar-refractivity contribution in [3.05, 3.63) is 71.8 Å². The Morgan fingerprint density at radius 2 is 1.40 bits per heavy atom. The number of hydrogen-bond donors (Lipinski definition) is 0. The van der Waals surface area contributed by atoms with E-state index in [-0.39, 0.29) is 18.0 Å². The van der Waals surface area contributed by atoms with Crippen LogP contribution < -0.4 is 0 Å². The van der Waals surface area contributed by atoms with Gasteiger partial charge in [-0.3, -0.25) is 4.79 Å². The van der Waals surface area contributed by atoms with Crippen LogP contribution in [0.2, 0.25) is 0 Å². The summed E-state index contributed by atoms with van der Waals surface area (Å²) in [5.74, 6) is -0.153. The number of benzene rings is 2. The van der Waals surface area contributed by atoms with Gasteiger partial charge in [0.2, 0.25) is 0 Å². The first-order chi connectivity index (χ1) is 9.72. The molecule has 0 aromatic heterocycles. The van der Waals surface area contributed by atoms with E-state index in [4.69, 9.17) is 4.74 Å². The van der Waals surface area contributed by atoms with E-state index in [1.54, 1.807) is 0 Å². The molecule has 0 fully saturated rings. The fourth-order valence-corrected chi connectivity index (χ4v) is 2.54. The summed E-state index contributed by atoms with van der Waals surface area (Å²) in [5.41, 5.74) is 2.35. The van der Waals surface area contributed by atoms with Crippen molar-refractivity contribution >= 4 is 5.97 Å². The molecule has 0 saturated carbocycles. The van der Waals surface area contributed by atoms with Crippen LogP contribution in [-0.4, -0.2) is 12.1 Å². The number of hydrogen-bond acceptors (Lipinski definition) is 2. The maximum Gasteiger partial charge on any atom is 0.302 e. The average Bonchev–Trinajstić information content (AvgIpc) is 2.48. The Kier molecular flexibility index (Phi) is 4.94. The molecular formula is C18H20O2. The summed E-state index contributed by atoms with van der Waals surface area (Å²) in [4.78, 5) is 11.4. The van der Waals surface area contributed by atoms with Gasteiger partial charge >= 0.3 is 5.97 Å². The van der Waals surface area contributed by atoms with Gasteiger partial charge in [0.1, 0.15) is 6.10 Å². The summed E-state index contributed by atoms with van der Waals surface area (Å²) in [6, 6.07) is 20.4. The Labute approximate surface area is 120 Å². The SMILES string of the molecule is CCC(OC(C)=O)C(c1ccccc1)c1ccccc1. The Balaban J connectivity index is 2.41. The van der Waals surface area contributed by atoms with Crippen LogP contribution in [0.5, 0.6) is 0 Å². The molecule has 2 aromatic carbocycles. The standard InChI is InChI=1S/C18H20O2/c1-3-17(20-14(2)19)18(15-10-6-4-7-11-15)16-12-8-5-9-13-16/h4-13,17-18H,3H2,1-2H3. The zero-order valence-corrected chi connectivity index (χ0v) is 12.0. The highest BCUT2D eigenvalue weighted by atomic mass is 16.5. The lowest BCUT2D eigenvalue weighted by atomic mass is 9.85. The van der Waals surface area contributed by atoms with E-state index in [0.29, 0.717) is 0 Å². The van der Waals surface area contributed by atoms with Gasteiger partial charge in [-0.25, -0.2) is 0 Å². The van der Waals surface area contributed by atoms with Gasteiger partial charge in [-0.1, -0.05) is 67.6 Å². The van der Waals surface area contributed by atoms with Crippen molar-refractivity contribution in [3.63, 3.8) is 0 Å². The average molecular weight is 268 g/mol. The maximum absolute atomic E-state index is 11.4. The first kappa shape index (κ1) is 14.3. The molecule has 1 atom stereocenters. The molecule has 0 N–H and O–H groups in total. The Bertz CT molecular complexity index is 494. The minimum Gasteiger partial charge on any atom is -0.462 e. The first-order valence-corrected chi connectivity index (χ1v) is 6.99. The van der Waals surface area contributed by atoms with Gasteiger partial charge in [-0.15, -0.1) is 0 Å². The van der Waals surface area contributed by atoms with Gasteiger partial charge in [-0.05, 0) is 17.5 Å². The number of carbonyl (C=O) groups excluding carboxylic acids is 1. The maximum atomic E-state index is 11.4. The van der Waals surface area contributed by atoms with Gasteiger partial charge in [0, 0.05) is 12.8 Å². The minimum atomic E-state index is -0.228. The van der Waals surface area contributed by atoms with Crippen molar-refractivity contribution < 1.29 is 9.53 Å². The van der Waals surface area contributed by atoms with Gasteiger partial charge < -0.3 is 4.74 Å². The first-order valence-electron chi connectivity index (χ1n) is 6.99. The highest BCUT2D eigenvalue weighted by Crippen LogP contribution is 2.31. The molecule has 1 unspecified atom stereocenters. The minimum absolute atomic E-state index is 0.0753. The van der Waals surface area contributed by atoms with Crippen LogP contribution in [0.15, 0.2) is 60.7 Å². The van der Waals surface area contributed by atoms with E-state index in [1.165, 1.54) is 18.1 Å². The molecule has 0 spiro atoms. The third-order valence-corrected chi connectivity index (χ3v) is 3.41. The molecule has 0 heterocycles. The van der Waals surface area contributed by atoms with Crippen LogP contribution in [0, 0.1) is 0 Å². The van der Waals surface area contributed by atoms with E-state index >= 15 is 0 Å². The van der Waals surface area contributed by atoms with Crippen molar-refractivity contribution in [1.82, 2.24) is 0 Å². The third-order valence-electron chi connectivity index (χ3n) is 3.41. The van der Waals surface area contributed by atoms with Crippen molar-refractivity contribution in [2.75, 3.05) is 0 Å². The predicted molar refractivity (Wildman–Crippen MR) is 80.6 cm³/mol. The second-order valence-electron chi connectivity index (χ2n) is 4.86. The van der Waals surface area contributed by atoms with Crippen molar-refractivity contribution in [2.45, 2.75) is 32.3 Å². The quantitative estimate of drug-likeness (QED) is 0.761. The summed E-state index contributed by atoms with van der Waals surface area (Å²) >= 11 is 0. The van der Waals surface area contributed by atoms with Crippen molar-refractivity contribution in [3.8, 4) is 0 Å². The molecule has 20 heavy (non-hydrogen) atoms. The highest BCUT2D eigenvalue weighted by molar-refractivity contribution is 5.66. The third kappa shape index (κ3) is 3.47. The molecule has 0 aliphatic heterocycles. The fourth-order valence-electron chi connectivity index (χ4n) is 2.54. The molecule has 0 radical (unpaired) electrons. The predicted octanol–water partition coefficient (Wildman–Crippen LogP) is 4.16. The Morgan fingerprint density at radius 1 is 0.950 bits per heavy atom. The van der Waals surface area contributed by atoms with E-state index < -0.39 is 0 Å². The summed E-state index contributed by atoms with van der Waals surface area (Å²) < 4.78 is 5.53. The molecule has 0 saturated heterocycles. The molecule has 2 rings (SSSR count). The topological polar surface area (TPSA) is 26.3 Å². The second kappa shape index (κ2) is 6.90. The van der Waals surface area contributed by atoms with Crippen LogP contribution in [0.4, 0.5) is 0 Å². The van der Waals surface area contributed by atoms with Gasteiger partial charge in [0.15, 0.2) is 0 Å². The number of rotatable bonds is 5. The van der Waals surface area contributed by atoms with E-state index in [0.717, 1.165) is 6.42 Å². The lowest BCUT2D eigenvalue weighted by Gasteiger charge is -2.26. The largest absolute Gasteiger partial charge is 0.462 e. The summed E-state index contributed by atoms with van der Waals surface area (Å²) in [7, 11) is 0. The fraction of sp³-hybridized carbons (Fsp3) is 0.278. The van der Waals surface area contributed by atoms with Crippen LogP contribution in [0.25, 0.3) is 0 Å². The summed E-state index contributed by atoms with van der Waals surface area (Å²) in [5, 5.41) is 0. The molecular weight excluding hydrogens is 248 g/mol. The van der Waals surface area contributed by atoms with Crippen LogP contribution >= 0.6 is 0 Å². The molecule has 2 heteroatoms. The molecule has 0 aliphatic rings. The van der Waals surface area contributed by atoms with E-state index in [9.17, 15) is 4.79 Å². The number of carbonyl (C=O) groups is 1. The van der Waals surface area contributed by atoms with Gasteiger partial charge in [0.05, 0.1) is 0 Å². The Morgan fingerprint density at radius 3 is 1.75 bits per heavy atom. The summed E-state index contributed by atoms with van der Waals surface area (Å²) in [6.45, 7) is 3.52. The van der Waals surface area contributed by atoms with Crippen molar-refractivity contribution in [2.24, 2.45) is 0 Å². The van der Waals surface area contributed by atoms with Crippen LogP contribution in [0.3, 0.4) is 0 Å². The zero-order valence-electron chi connectivity index (χ0n) is 12.0. The van der Waals surface area contributed by atoms with Crippen molar-refractivity contribution in [1.29, 1.82) is 0 Å². The van der Waals surface area contributed by atoms with E-state index in [2.05, 4.69) is 24.3 Å². The highest BCUT2D eigenvalue weighted by Gasteiger charge is 2.25. The second-order valence-corrected chi connectivity index (χ2v) is 4.86. The van der Waals surface area contributed by atoms with Gasteiger partial charge in [-0.2, -0.15) is 0 Å². The molecule has 2 aromatic rings. The van der Waals surface area contributed by atoms with Gasteiger partial charge in [0.25, 0.3) is 0 Å². The lowest BCUT2D eigenvalue weighted by Crippen LogP contribution is -2.24. The summed E-state index contributed by atoms with van der Waals surface area (Å²) in [6.07, 6.45) is 0.644. The van der Waals surface area contributed by atoms with E-state index in [1.807, 2.05) is 43.3 Å². The molecule has 104 valence electrons. The molecule has 2 nitrogen and oxygen atoms in total. The number of ether oxygens (including phenoxy) is 1. The van der Waals surface area contributed by atoms with Crippen LogP contribution in [0.1, 0.15) is 37.3 Å². The lowest BCUT2D eigenvalue weighted by molar-refractivity contribution is -0.147. The monoisotopic (exact) mass is 268 g/mol. The smallest absolute Gasteiger partial charge is 0.302 e. The van der Waals surface area contributed by atoms with Crippen LogP contribution in [-0.2, 0) is 9.53 Å². The molecule has 0 amide bonds. The molecule has 0 bridgehead atoms. The zero-order chi connectivity index (χ0) is 14.4. The normalized spacial score (nSPS) is 12.2. The molecule has 0 aliphatic carbocycles.